The average Bonchev–Trinajstić information content (AvgIpc) is 3.13. The second-order valence-electron chi connectivity index (χ2n) is 12.7. The number of nitrogens with one attached hydrogen (secondary N) is 1. The second-order valence-corrected chi connectivity index (χ2v) is 15.9. The van der Waals surface area contributed by atoms with Gasteiger partial charge in [0.05, 0.1) is 22.6 Å². The predicted molar refractivity (Wildman–Crippen MR) is 204 cm³/mol. The molecule has 2 amide bonds. The molecule has 4 aromatic rings. The lowest BCUT2D eigenvalue weighted by Crippen LogP contribution is -2.55. The molecule has 52 heavy (non-hydrogen) atoms. The smallest absolute Gasteiger partial charge is 0.273 e. The van der Waals surface area contributed by atoms with Gasteiger partial charge in [0.2, 0.25) is 11.8 Å². The fourth-order valence-corrected chi connectivity index (χ4v) is 8.20. The number of nitrogens with zero attached hydrogens (tertiary/aromatic N) is 3. The number of anilines is 1. The maximum absolute atomic E-state index is 14.9. The van der Waals surface area contributed by atoms with E-state index in [9.17, 15) is 28.1 Å². The number of carbonyl (C=O) groups is 2. The second kappa shape index (κ2) is 17.4. The van der Waals surface area contributed by atoms with Crippen LogP contribution in [0.5, 0.6) is 5.75 Å². The van der Waals surface area contributed by atoms with Crippen molar-refractivity contribution >= 4 is 60.7 Å². The summed E-state index contributed by atoms with van der Waals surface area (Å²) in [6.45, 7) is 0.707. The van der Waals surface area contributed by atoms with Gasteiger partial charge in [0, 0.05) is 40.1 Å². The normalized spacial score (nSPS) is 13.9. The van der Waals surface area contributed by atoms with Crippen molar-refractivity contribution in [2.45, 2.75) is 69.0 Å². The first kappa shape index (κ1) is 38.8. The number of hydrogen-bond donors (Lipinski definition) is 1. The molecule has 1 aliphatic rings. The van der Waals surface area contributed by atoms with Crippen LogP contribution in [0.15, 0.2) is 100 Å². The summed E-state index contributed by atoms with van der Waals surface area (Å²) in [7, 11) is -3.33. The summed E-state index contributed by atoms with van der Waals surface area (Å²) in [5.74, 6) is -0.933. The van der Waals surface area contributed by atoms with E-state index in [1.165, 1.54) is 49.3 Å². The number of methoxy groups -OCH3 is 1. The molecular weight excluding hydrogens is 772 g/mol. The van der Waals surface area contributed by atoms with E-state index < -0.39 is 44.0 Å². The van der Waals surface area contributed by atoms with Crippen molar-refractivity contribution in [1.29, 1.82) is 0 Å². The van der Waals surface area contributed by atoms with Crippen molar-refractivity contribution in [2.24, 2.45) is 0 Å². The van der Waals surface area contributed by atoms with Gasteiger partial charge in [0.1, 0.15) is 18.3 Å². The number of rotatable bonds is 14. The Morgan fingerprint density at radius 3 is 2.33 bits per heavy atom. The van der Waals surface area contributed by atoms with Crippen molar-refractivity contribution in [1.82, 2.24) is 10.2 Å². The van der Waals surface area contributed by atoms with Gasteiger partial charge in [0.25, 0.3) is 15.7 Å². The Morgan fingerprint density at radius 2 is 1.67 bits per heavy atom. The van der Waals surface area contributed by atoms with Crippen LogP contribution in [-0.4, -0.2) is 55.8 Å². The number of nitro groups is 1. The van der Waals surface area contributed by atoms with E-state index in [0.717, 1.165) is 52.5 Å². The highest BCUT2D eigenvalue weighted by atomic mass is 79.9. The topological polar surface area (TPSA) is 139 Å². The van der Waals surface area contributed by atoms with Crippen molar-refractivity contribution in [2.75, 3.05) is 18.0 Å². The van der Waals surface area contributed by atoms with Crippen molar-refractivity contribution in [3.8, 4) is 5.75 Å². The molecule has 1 saturated carbocycles. The lowest BCUT2D eigenvalue weighted by atomic mass is 9.94. The molecular formula is C38H40BrClN4O7S. The zero-order valence-electron chi connectivity index (χ0n) is 28.8. The maximum Gasteiger partial charge on any atom is 0.273 e. The monoisotopic (exact) mass is 810 g/mol. The van der Waals surface area contributed by atoms with Crippen LogP contribution in [0.3, 0.4) is 0 Å². The van der Waals surface area contributed by atoms with E-state index in [1.807, 2.05) is 54.6 Å². The van der Waals surface area contributed by atoms with Crippen LogP contribution >= 0.6 is 27.5 Å². The quantitative estimate of drug-likeness (QED) is 0.102. The molecule has 0 unspecified atom stereocenters. The van der Waals surface area contributed by atoms with E-state index >= 15 is 0 Å². The summed E-state index contributed by atoms with van der Waals surface area (Å²) in [4.78, 5) is 41.4. The Labute approximate surface area is 317 Å². The summed E-state index contributed by atoms with van der Waals surface area (Å²) in [5.41, 5.74) is 1.34. The predicted octanol–water partition coefficient (Wildman–Crippen LogP) is 7.61. The minimum Gasteiger partial charge on any atom is -0.495 e. The first-order valence-electron chi connectivity index (χ1n) is 16.9. The number of nitro benzene ring substituents is 1. The molecule has 0 heterocycles. The molecule has 1 atom stereocenters. The first-order chi connectivity index (χ1) is 24.9. The van der Waals surface area contributed by atoms with Crippen LogP contribution in [0, 0.1) is 17.0 Å². The van der Waals surface area contributed by atoms with E-state index in [4.69, 9.17) is 16.3 Å². The summed E-state index contributed by atoms with van der Waals surface area (Å²) in [6, 6.07) is 23.4. The van der Waals surface area contributed by atoms with Gasteiger partial charge in [-0.3, -0.25) is 24.0 Å². The molecule has 274 valence electrons. The molecule has 14 heteroatoms. The van der Waals surface area contributed by atoms with Gasteiger partial charge in [-0.1, -0.05) is 95.3 Å². The minimum atomic E-state index is -4.67. The number of carbonyl (C=O) groups excluding carboxylic acids is 2. The highest BCUT2D eigenvalue weighted by molar-refractivity contribution is 9.10. The Bertz CT molecular complexity index is 2010. The third-order valence-corrected chi connectivity index (χ3v) is 11.7. The van der Waals surface area contributed by atoms with Gasteiger partial charge >= 0.3 is 0 Å². The highest BCUT2D eigenvalue weighted by Crippen LogP contribution is 2.36. The minimum absolute atomic E-state index is 0.0156. The highest BCUT2D eigenvalue weighted by Gasteiger charge is 2.37. The maximum atomic E-state index is 14.9. The zero-order valence-corrected chi connectivity index (χ0v) is 32.0. The van der Waals surface area contributed by atoms with E-state index in [0.29, 0.717) is 5.56 Å². The van der Waals surface area contributed by atoms with Crippen LogP contribution < -0.4 is 14.4 Å². The Hall–Kier alpha value is -4.46. The van der Waals surface area contributed by atoms with Crippen LogP contribution in [0.4, 0.5) is 11.4 Å². The third-order valence-electron chi connectivity index (χ3n) is 9.14. The largest absolute Gasteiger partial charge is 0.495 e. The standard InChI is InChI=1S/C38H40BrClN4O7S/c1-26-13-19-32(23-33(26)44(47)48)52(49,50)43(34-22-30(40)18-20-36(34)51-2)25-37(45)42(24-28-14-16-29(39)17-15-28)35(21-27-9-5-3-6-10-27)38(46)41-31-11-7-4-8-12-31/h3,5-6,9-10,13-20,22-23,31,35H,4,7-8,11-12,21,24-25H2,1-2H3,(H,41,46)/t35-/m1/s1. The summed E-state index contributed by atoms with van der Waals surface area (Å²) in [5, 5.41) is 15.2. The lowest BCUT2D eigenvalue weighted by Gasteiger charge is -2.35. The van der Waals surface area contributed by atoms with Crippen molar-refractivity contribution in [3.63, 3.8) is 0 Å². The first-order valence-corrected chi connectivity index (χ1v) is 19.5. The fourth-order valence-electron chi connectivity index (χ4n) is 6.33. The number of sulfonamides is 1. The Balaban J connectivity index is 1.63. The van der Waals surface area contributed by atoms with Crippen molar-refractivity contribution < 1.29 is 27.7 Å². The van der Waals surface area contributed by atoms with Gasteiger partial charge in [-0.05, 0) is 67.3 Å². The molecule has 0 bridgehead atoms. The van der Waals surface area contributed by atoms with Gasteiger partial charge in [0.15, 0.2) is 0 Å². The molecule has 1 fully saturated rings. The number of aryl methyl sites for hydroxylation is 1. The number of hydrogen-bond acceptors (Lipinski definition) is 7. The van der Waals surface area contributed by atoms with E-state index in [-0.39, 0.29) is 46.9 Å². The third kappa shape index (κ3) is 9.50. The molecule has 0 radical (unpaired) electrons. The SMILES string of the molecule is COc1ccc(Cl)cc1N(CC(=O)N(Cc1ccc(Br)cc1)[C@H](Cc1ccccc1)C(=O)NC1CCCCC1)S(=O)(=O)c1ccc(C)c([N+](=O)[O-])c1. The molecule has 5 rings (SSSR count). The van der Waals surface area contributed by atoms with Crippen LogP contribution in [0.2, 0.25) is 5.02 Å². The zero-order chi connectivity index (χ0) is 37.4. The van der Waals surface area contributed by atoms with Gasteiger partial charge in [-0.2, -0.15) is 0 Å². The fraction of sp³-hybridized carbons (Fsp3) is 0.316. The van der Waals surface area contributed by atoms with E-state index in [1.54, 1.807) is 0 Å². The summed E-state index contributed by atoms with van der Waals surface area (Å²) in [6.07, 6.45) is 4.89. The number of amides is 2. The van der Waals surface area contributed by atoms with Gasteiger partial charge < -0.3 is 15.0 Å². The number of ether oxygens (including phenoxy) is 1. The molecule has 0 saturated heterocycles. The molecule has 0 aromatic heterocycles. The molecule has 11 nitrogen and oxygen atoms in total. The number of halogens is 2. The summed E-state index contributed by atoms with van der Waals surface area (Å²) >= 11 is 9.83. The molecule has 1 N–H and O–H groups in total. The van der Waals surface area contributed by atoms with Gasteiger partial charge in [-0.25, -0.2) is 8.42 Å². The van der Waals surface area contributed by atoms with Crippen LogP contribution in [0.25, 0.3) is 0 Å². The van der Waals surface area contributed by atoms with Crippen LogP contribution in [0.1, 0.15) is 48.8 Å². The Morgan fingerprint density at radius 1 is 0.981 bits per heavy atom. The summed E-state index contributed by atoms with van der Waals surface area (Å²) < 4.78 is 36.3. The molecule has 4 aromatic carbocycles. The lowest BCUT2D eigenvalue weighted by molar-refractivity contribution is -0.385. The number of benzene rings is 4. The molecule has 0 spiro atoms. The Kier molecular flexibility index (Phi) is 12.9. The van der Waals surface area contributed by atoms with E-state index in [2.05, 4.69) is 21.2 Å². The van der Waals surface area contributed by atoms with Crippen molar-refractivity contribution in [3.05, 3.63) is 127 Å². The molecule has 0 aliphatic heterocycles. The molecule has 1 aliphatic carbocycles. The average molecular weight is 812 g/mol. The van der Waals surface area contributed by atoms with Crippen LogP contribution in [-0.2, 0) is 32.6 Å². The van der Waals surface area contributed by atoms with Gasteiger partial charge in [-0.15, -0.1) is 0 Å².